The van der Waals surface area contributed by atoms with Crippen molar-refractivity contribution >= 4 is 35.5 Å². The first-order chi connectivity index (χ1) is 11.1. The fourth-order valence-electron chi connectivity index (χ4n) is 1.23. The van der Waals surface area contributed by atoms with E-state index in [-0.39, 0.29) is 0 Å². The Bertz CT molecular complexity index is 483. The molecule has 0 aromatic heterocycles. The van der Waals surface area contributed by atoms with Crippen LogP contribution in [0.2, 0.25) is 10.0 Å². The molecule has 6 nitrogen and oxygen atoms in total. The van der Waals surface area contributed by atoms with Crippen molar-refractivity contribution in [1.29, 1.82) is 0 Å². The van der Waals surface area contributed by atoms with Crippen molar-refractivity contribution in [2.75, 3.05) is 6.54 Å². The number of carbonyl (C=O) groups excluding carboxylic acids is 1. The Morgan fingerprint density at radius 3 is 2.17 bits per heavy atom. The topological polar surface area (TPSA) is 132 Å². The largest absolute Gasteiger partial charge is 0.480 e. The average molecular weight is 380 g/mol. The molecular weight excluding hydrogens is 353 g/mol. The van der Waals surface area contributed by atoms with Crippen LogP contribution in [-0.4, -0.2) is 36.0 Å². The summed E-state index contributed by atoms with van der Waals surface area (Å²) in [6.45, 7) is 4.49. The van der Waals surface area contributed by atoms with Crippen LogP contribution in [0.4, 0.5) is 0 Å². The van der Waals surface area contributed by atoms with E-state index in [0.717, 1.165) is 12.8 Å². The molecule has 1 rings (SSSR count). The normalized spacial score (nSPS) is 10.8. The van der Waals surface area contributed by atoms with E-state index in [4.69, 9.17) is 45.5 Å². The summed E-state index contributed by atoms with van der Waals surface area (Å²) in [5.41, 5.74) is 16.0. The van der Waals surface area contributed by atoms with E-state index >= 15 is 0 Å². The van der Waals surface area contributed by atoms with E-state index in [1.807, 2.05) is 13.8 Å². The first kappa shape index (κ1) is 25.1. The third-order valence-corrected chi connectivity index (χ3v) is 2.94. The van der Waals surface area contributed by atoms with Gasteiger partial charge in [-0.05, 0) is 43.6 Å². The lowest BCUT2D eigenvalue weighted by atomic mass is 10.1. The quantitative estimate of drug-likeness (QED) is 0.443. The summed E-state index contributed by atoms with van der Waals surface area (Å²) in [5, 5.41) is 9.25. The van der Waals surface area contributed by atoms with Crippen molar-refractivity contribution in [3.8, 4) is 0 Å². The molecule has 0 aliphatic carbocycles. The SMILES string of the molecule is CC(C)N.NCCCC[C@H](N)C(=O)O.O=Cc1ccc(Cl)cc1Cl. The van der Waals surface area contributed by atoms with Gasteiger partial charge >= 0.3 is 5.97 Å². The summed E-state index contributed by atoms with van der Waals surface area (Å²) in [7, 11) is 0. The molecule has 0 amide bonds. The van der Waals surface area contributed by atoms with Gasteiger partial charge in [-0.1, -0.05) is 43.5 Å². The molecule has 0 radical (unpaired) electrons. The van der Waals surface area contributed by atoms with Crippen LogP contribution in [0.15, 0.2) is 18.2 Å². The lowest BCUT2D eigenvalue weighted by Gasteiger charge is -2.03. The van der Waals surface area contributed by atoms with E-state index < -0.39 is 12.0 Å². The lowest BCUT2D eigenvalue weighted by molar-refractivity contribution is -0.138. The molecule has 0 aliphatic heterocycles. The Kier molecular flexibility index (Phi) is 16.0. The Labute approximate surface area is 153 Å². The van der Waals surface area contributed by atoms with Crippen LogP contribution in [0, 0.1) is 0 Å². The fraction of sp³-hybridized carbons (Fsp3) is 0.500. The van der Waals surface area contributed by atoms with Gasteiger partial charge in [-0.3, -0.25) is 9.59 Å². The number of aldehydes is 1. The van der Waals surface area contributed by atoms with Crippen molar-refractivity contribution in [3.05, 3.63) is 33.8 Å². The van der Waals surface area contributed by atoms with E-state index in [1.54, 1.807) is 12.1 Å². The molecule has 0 spiro atoms. The first-order valence-electron chi connectivity index (χ1n) is 7.49. The monoisotopic (exact) mass is 379 g/mol. The summed E-state index contributed by atoms with van der Waals surface area (Å²) in [5.74, 6) is -0.933. The Morgan fingerprint density at radius 2 is 1.79 bits per heavy atom. The lowest BCUT2D eigenvalue weighted by Crippen LogP contribution is -2.29. The van der Waals surface area contributed by atoms with Gasteiger partial charge in [0.1, 0.15) is 6.04 Å². The summed E-state index contributed by atoms with van der Waals surface area (Å²) >= 11 is 11.2. The highest BCUT2D eigenvalue weighted by Crippen LogP contribution is 2.18. The molecule has 0 fully saturated rings. The van der Waals surface area contributed by atoms with Crippen LogP contribution in [0.1, 0.15) is 43.5 Å². The molecule has 7 N–H and O–H groups in total. The number of aliphatic carboxylic acids is 1. The molecule has 0 saturated carbocycles. The zero-order valence-electron chi connectivity index (χ0n) is 14.0. The molecule has 0 saturated heterocycles. The molecule has 1 aromatic rings. The van der Waals surface area contributed by atoms with Crippen molar-refractivity contribution in [1.82, 2.24) is 0 Å². The van der Waals surface area contributed by atoms with Crippen LogP contribution >= 0.6 is 23.2 Å². The van der Waals surface area contributed by atoms with Crippen LogP contribution in [-0.2, 0) is 4.79 Å². The minimum atomic E-state index is -0.933. The van der Waals surface area contributed by atoms with Gasteiger partial charge < -0.3 is 22.3 Å². The summed E-state index contributed by atoms with van der Waals surface area (Å²) in [6, 6.07) is 4.35. The maximum Gasteiger partial charge on any atom is 0.320 e. The van der Waals surface area contributed by atoms with Crippen LogP contribution in [0.5, 0.6) is 0 Å². The van der Waals surface area contributed by atoms with E-state index in [9.17, 15) is 9.59 Å². The second-order valence-electron chi connectivity index (χ2n) is 5.26. The first-order valence-corrected chi connectivity index (χ1v) is 8.25. The highest BCUT2D eigenvalue weighted by Gasteiger charge is 2.09. The molecule has 0 heterocycles. The molecule has 138 valence electrons. The molecule has 0 aliphatic rings. The highest BCUT2D eigenvalue weighted by atomic mass is 35.5. The van der Waals surface area contributed by atoms with Gasteiger partial charge in [0.05, 0.1) is 5.02 Å². The van der Waals surface area contributed by atoms with Crippen LogP contribution in [0.25, 0.3) is 0 Å². The van der Waals surface area contributed by atoms with Crippen LogP contribution < -0.4 is 17.2 Å². The van der Waals surface area contributed by atoms with Crippen molar-refractivity contribution < 1.29 is 14.7 Å². The number of rotatable bonds is 6. The molecule has 24 heavy (non-hydrogen) atoms. The molecule has 1 atom stereocenters. The third-order valence-electron chi connectivity index (χ3n) is 2.38. The number of carbonyl (C=O) groups is 2. The number of carboxylic acid groups (broad SMARTS) is 1. The van der Waals surface area contributed by atoms with Gasteiger partial charge in [0.15, 0.2) is 6.29 Å². The van der Waals surface area contributed by atoms with Gasteiger partial charge in [-0.2, -0.15) is 0 Å². The van der Waals surface area contributed by atoms with E-state index in [2.05, 4.69) is 0 Å². The highest BCUT2D eigenvalue weighted by molar-refractivity contribution is 6.36. The summed E-state index contributed by atoms with van der Waals surface area (Å²) in [4.78, 5) is 20.3. The zero-order chi connectivity index (χ0) is 19.1. The number of carboxylic acids is 1. The van der Waals surface area contributed by atoms with Crippen molar-refractivity contribution in [3.63, 3.8) is 0 Å². The Hall–Kier alpha value is -1.18. The number of nitrogens with two attached hydrogens (primary N) is 3. The number of hydrogen-bond donors (Lipinski definition) is 4. The number of halogens is 2. The van der Waals surface area contributed by atoms with Gasteiger partial charge in [0.25, 0.3) is 0 Å². The van der Waals surface area contributed by atoms with Crippen LogP contribution in [0.3, 0.4) is 0 Å². The third kappa shape index (κ3) is 15.7. The predicted molar refractivity (Wildman–Crippen MR) is 99.7 cm³/mol. The van der Waals surface area contributed by atoms with Gasteiger partial charge in [0.2, 0.25) is 0 Å². The van der Waals surface area contributed by atoms with Gasteiger partial charge in [0, 0.05) is 10.6 Å². The second kappa shape index (κ2) is 15.4. The fourth-order valence-corrected chi connectivity index (χ4v) is 1.68. The molecular formula is C16H27Cl2N3O3. The second-order valence-corrected chi connectivity index (χ2v) is 6.10. The van der Waals surface area contributed by atoms with E-state index in [0.29, 0.717) is 40.9 Å². The van der Waals surface area contributed by atoms with Gasteiger partial charge in [-0.15, -0.1) is 0 Å². The van der Waals surface area contributed by atoms with Crippen molar-refractivity contribution in [2.24, 2.45) is 17.2 Å². The van der Waals surface area contributed by atoms with E-state index in [1.165, 1.54) is 6.07 Å². The molecule has 0 bridgehead atoms. The van der Waals surface area contributed by atoms with Gasteiger partial charge in [-0.25, -0.2) is 0 Å². The minimum Gasteiger partial charge on any atom is -0.480 e. The summed E-state index contributed by atoms with van der Waals surface area (Å²) < 4.78 is 0. The standard InChI is InChI=1S/C7H4Cl2O.C6H14N2O2.C3H9N/c8-6-2-1-5(4-10)7(9)3-6;7-4-2-1-3-5(8)6(9)10;1-3(2)4/h1-4H;5H,1-4,7-8H2,(H,9,10);3H,4H2,1-2H3/t;5-;/m.0./s1. The average Bonchev–Trinajstić information content (AvgIpc) is 2.47. The Balaban J connectivity index is 0. The number of benzene rings is 1. The molecule has 1 aromatic carbocycles. The molecule has 8 heteroatoms. The maximum absolute atomic E-state index is 10.2. The Morgan fingerprint density at radius 1 is 1.25 bits per heavy atom. The summed E-state index contributed by atoms with van der Waals surface area (Å²) in [6.07, 6.45) is 2.86. The zero-order valence-corrected chi connectivity index (χ0v) is 15.6. The number of hydrogen-bond acceptors (Lipinski definition) is 5. The maximum atomic E-state index is 10.2. The smallest absolute Gasteiger partial charge is 0.320 e. The predicted octanol–water partition coefficient (Wildman–Crippen LogP) is 2.69. The number of unbranched alkanes of at least 4 members (excludes halogenated alkanes) is 1. The molecule has 0 unspecified atom stereocenters. The minimum absolute atomic E-state index is 0.333. The van der Waals surface area contributed by atoms with Crippen molar-refractivity contribution in [2.45, 2.75) is 45.2 Å².